The molecular formula is C13H11ClO3. The molecule has 0 radical (unpaired) electrons. The van der Waals surface area contributed by atoms with Crippen LogP contribution in [0.25, 0.3) is 10.8 Å². The lowest BCUT2D eigenvalue weighted by molar-refractivity contribution is -0.117. The first-order chi connectivity index (χ1) is 8.06. The molecule has 1 aromatic carbocycles. The van der Waals surface area contributed by atoms with E-state index in [1.54, 1.807) is 24.3 Å². The molecule has 3 nitrogen and oxygen atoms in total. The van der Waals surface area contributed by atoms with E-state index in [9.17, 15) is 9.59 Å². The van der Waals surface area contributed by atoms with Crippen molar-refractivity contribution in [2.75, 3.05) is 0 Å². The fourth-order valence-corrected chi connectivity index (χ4v) is 1.80. The number of halogens is 1. The van der Waals surface area contributed by atoms with E-state index in [0.717, 1.165) is 5.39 Å². The van der Waals surface area contributed by atoms with Gasteiger partial charge in [-0.1, -0.05) is 17.7 Å². The predicted octanol–water partition coefficient (Wildman–Crippen LogP) is 2.97. The molecule has 2 aromatic rings. The highest BCUT2D eigenvalue weighted by Crippen LogP contribution is 2.18. The summed E-state index contributed by atoms with van der Waals surface area (Å²) in [5, 5.41) is 1.74. The number of hydrogen-bond acceptors (Lipinski definition) is 3. The van der Waals surface area contributed by atoms with Gasteiger partial charge in [0.25, 0.3) is 0 Å². The van der Waals surface area contributed by atoms with Crippen molar-refractivity contribution in [2.45, 2.75) is 19.8 Å². The number of ketones is 1. The van der Waals surface area contributed by atoms with Crippen molar-refractivity contribution in [3.8, 4) is 0 Å². The third-order valence-electron chi connectivity index (χ3n) is 2.50. The molecule has 2 rings (SSSR count). The van der Waals surface area contributed by atoms with Crippen LogP contribution in [0.3, 0.4) is 0 Å². The Hall–Kier alpha value is -1.61. The van der Waals surface area contributed by atoms with Gasteiger partial charge in [-0.05, 0) is 30.5 Å². The zero-order chi connectivity index (χ0) is 12.4. The first-order valence-corrected chi connectivity index (χ1v) is 5.66. The van der Waals surface area contributed by atoms with Crippen LogP contribution >= 0.6 is 11.6 Å². The van der Waals surface area contributed by atoms with Gasteiger partial charge < -0.3 is 9.21 Å². The minimum atomic E-state index is -0.413. The zero-order valence-electron chi connectivity index (χ0n) is 9.33. The molecule has 0 saturated carbocycles. The summed E-state index contributed by atoms with van der Waals surface area (Å²) in [6.07, 6.45) is 0.825. The fraction of sp³-hybridized carbons (Fsp3) is 0.231. The summed E-state index contributed by atoms with van der Waals surface area (Å²) in [5.41, 5.74) is -0.413. The highest BCUT2D eigenvalue weighted by atomic mass is 35.5. The Morgan fingerprint density at radius 1 is 1.35 bits per heavy atom. The van der Waals surface area contributed by atoms with Crippen LogP contribution in [0.4, 0.5) is 0 Å². The highest BCUT2D eigenvalue weighted by molar-refractivity contribution is 6.31. The van der Waals surface area contributed by atoms with Gasteiger partial charge in [0.1, 0.15) is 11.5 Å². The molecule has 0 spiro atoms. The molecule has 0 aliphatic rings. The lowest BCUT2D eigenvalue weighted by Gasteiger charge is -2.01. The maximum Gasteiger partial charge on any atom is 0.343 e. The Bertz CT molecular complexity index is 628. The van der Waals surface area contributed by atoms with E-state index < -0.39 is 5.63 Å². The summed E-state index contributed by atoms with van der Waals surface area (Å²) in [4.78, 5) is 22.6. The minimum Gasteiger partial charge on any atom is -0.427 e. The third-order valence-corrected chi connectivity index (χ3v) is 2.73. The fourth-order valence-electron chi connectivity index (χ4n) is 1.63. The molecule has 0 atom stereocenters. The minimum absolute atomic E-state index is 0.0730. The Labute approximate surface area is 103 Å². The number of Topliss-reactive ketones (excluding diaryl/α,β-unsaturated/α-hetero) is 1. The lowest BCUT2D eigenvalue weighted by Crippen LogP contribution is -2.03. The molecule has 0 unspecified atom stereocenters. The smallest absolute Gasteiger partial charge is 0.343 e. The average Bonchev–Trinajstić information content (AvgIpc) is 2.27. The molecule has 4 heteroatoms. The Morgan fingerprint density at radius 3 is 2.82 bits per heavy atom. The van der Waals surface area contributed by atoms with E-state index in [4.69, 9.17) is 16.0 Å². The molecule has 0 amide bonds. The van der Waals surface area contributed by atoms with Crippen molar-refractivity contribution in [3.63, 3.8) is 0 Å². The van der Waals surface area contributed by atoms with E-state index in [2.05, 4.69) is 0 Å². The van der Waals surface area contributed by atoms with Gasteiger partial charge in [-0.3, -0.25) is 0 Å². The molecule has 0 aliphatic carbocycles. The van der Waals surface area contributed by atoms with Crippen molar-refractivity contribution < 1.29 is 9.21 Å². The number of aryl methyl sites for hydroxylation is 1. The van der Waals surface area contributed by atoms with E-state index in [1.807, 2.05) is 0 Å². The van der Waals surface area contributed by atoms with Gasteiger partial charge in [0.2, 0.25) is 0 Å². The molecule has 0 fully saturated rings. The first kappa shape index (κ1) is 11.9. The Balaban J connectivity index is 2.45. The molecule has 1 heterocycles. The Kier molecular flexibility index (Phi) is 3.29. The van der Waals surface area contributed by atoms with Crippen molar-refractivity contribution in [3.05, 3.63) is 45.5 Å². The summed E-state index contributed by atoms with van der Waals surface area (Å²) >= 11 is 5.81. The van der Waals surface area contributed by atoms with Crippen LogP contribution in [0.5, 0.6) is 0 Å². The van der Waals surface area contributed by atoms with Crippen LogP contribution in [0.1, 0.15) is 19.1 Å². The molecule has 0 N–H and O–H groups in total. The second-order valence-electron chi connectivity index (χ2n) is 3.93. The van der Waals surface area contributed by atoms with Gasteiger partial charge in [-0.15, -0.1) is 0 Å². The number of hydrogen-bond donors (Lipinski definition) is 0. The van der Waals surface area contributed by atoms with E-state index in [0.29, 0.717) is 29.0 Å². The molecule has 0 saturated heterocycles. The van der Waals surface area contributed by atoms with Crippen LogP contribution in [0.2, 0.25) is 5.02 Å². The summed E-state index contributed by atoms with van der Waals surface area (Å²) < 4.78 is 5.13. The number of benzene rings is 1. The molecular weight excluding hydrogens is 240 g/mol. The second kappa shape index (κ2) is 4.72. The van der Waals surface area contributed by atoms with Gasteiger partial charge in [0.05, 0.1) is 5.39 Å². The predicted molar refractivity (Wildman–Crippen MR) is 66.5 cm³/mol. The number of carbonyl (C=O) groups excluding carboxylic acids is 1. The quantitative estimate of drug-likeness (QED) is 0.841. The molecule has 88 valence electrons. The highest BCUT2D eigenvalue weighted by Gasteiger charge is 2.06. The summed E-state index contributed by atoms with van der Waals surface area (Å²) in [7, 11) is 0. The SMILES string of the molecule is CC(=O)CCc1cc2ccc(Cl)cc2c(=O)o1. The van der Waals surface area contributed by atoms with Gasteiger partial charge in [-0.2, -0.15) is 0 Å². The van der Waals surface area contributed by atoms with Crippen molar-refractivity contribution >= 4 is 28.2 Å². The second-order valence-corrected chi connectivity index (χ2v) is 4.37. The average molecular weight is 251 g/mol. The van der Waals surface area contributed by atoms with E-state index >= 15 is 0 Å². The third kappa shape index (κ3) is 2.74. The number of rotatable bonds is 3. The Morgan fingerprint density at radius 2 is 2.12 bits per heavy atom. The lowest BCUT2D eigenvalue weighted by atomic mass is 10.1. The van der Waals surface area contributed by atoms with Crippen molar-refractivity contribution in [1.29, 1.82) is 0 Å². The monoisotopic (exact) mass is 250 g/mol. The normalized spacial score (nSPS) is 10.7. The summed E-state index contributed by atoms with van der Waals surface area (Å²) in [6.45, 7) is 1.51. The van der Waals surface area contributed by atoms with Gasteiger partial charge in [0, 0.05) is 17.9 Å². The van der Waals surface area contributed by atoms with Crippen LogP contribution in [-0.2, 0) is 11.2 Å². The molecule has 0 aliphatic heterocycles. The molecule has 0 bridgehead atoms. The molecule has 17 heavy (non-hydrogen) atoms. The van der Waals surface area contributed by atoms with Crippen LogP contribution < -0.4 is 5.63 Å². The van der Waals surface area contributed by atoms with E-state index in [-0.39, 0.29) is 5.78 Å². The van der Waals surface area contributed by atoms with Crippen molar-refractivity contribution in [2.24, 2.45) is 0 Å². The van der Waals surface area contributed by atoms with Crippen LogP contribution in [-0.4, -0.2) is 5.78 Å². The zero-order valence-corrected chi connectivity index (χ0v) is 10.1. The summed E-state index contributed by atoms with van der Waals surface area (Å²) in [5.74, 6) is 0.601. The van der Waals surface area contributed by atoms with Crippen molar-refractivity contribution in [1.82, 2.24) is 0 Å². The topological polar surface area (TPSA) is 47.3 Å². The van der Waals surface area contributed by atoms with Gasteiger partial charge in [-0.25, -0.2) is 4.79 Å². The standard InChI is InChI=1S/C13H11ClO3/c1-8(15)2-5-11-6-9-3-4-10(14)7-12(9)13(16)17-11/h3-4,6-7H,2,5H2,1H3. The van der Waals surface area contributed by atoms with Crippen LogP contribution in [0, 0.1) is 0 Å². The number of carbonyl (C=O) groups is 1. The number of fused-ring (bicyclic) bond motifs is 1. The molecule has 1 aromatic heterocycles. The maximum absolute atomic E-state index is 11.7. The van der Waals surface area contributed by atoms with E-state index in [1.165, 1.54) is 6.92 Å². The van der Waals surface area contributed by atoms with Gasteiger partial charge >= 0.3 is 5.63 Å². The largest absolute Gasteiger partial charge is 0.427 e. The van der Waals surface area contributed by atoms with Gasteiger partial charge in [0.15, 0.2) is 0 Å². The first-order valence-electron chi connectivity index (χ1n) is 5.28. The maximum atomic E-state index is 11.7. The van der Waals surface area contributed by atoms with Crippen LogP contribution in [0.15, 0.2) is 33.5 Å². The summed E-state index contributed by atoms with van der Waals surface area (Å²) in [6, 6.07) is 6.84.